The van der Waals surface area contributed by atoms with Gasteiger partial charge in [-0.25, -0.2) is 0 Å². The molecule has 0 radical (unpaired) electrons. The third kappa shape index (κ3) is 3.62. The second-order valence-corrected chi connectivity index (χ2v) is 2.68. The van der Waals surface area contributed by atoms with Gasteiger partial charge in [0.1, 0.15) is 0 Å². The van der Waals surface area contributed by atoms with Gasteiger partial charge in [0.05, 0.1) is 11.9 Å². The topological polar surface area (TPSA) is 29.9 Å². The van der Waals surface area contributed by atoms with Gasteiger partial charge in [0.2, 0.25) is 0 Å². The second-order valence-electron chi connectivity index (χ2n) is 2.68. The van der Waals surface area contributed by atoms with E-state index in [2.05, 4.69) is 17.3 Å². The van der Waals surface area contributed by atoms with E-state index in [1.165, 1.54) is 12.8 Å². The van der Waals surface area contributed by atoms with E-state index in [0.29, 0.717) is 0 Å². The molecule has 1 N–H and O–H groups in total. The van der Waals surface area contributed by atoms with Crippen LogP contribution < -0.4 is 5.32 Å². The van der Waals surface area contributed by atoms with Crippen molar-refractivity contribution in [2.45, 2.75) is 19.8 Å². The fourth-order valence-corrected chi connectivity index (χ4v) is 0.922. The molecule has 0 spiro atoms. The maximum Gasteiger partial charge on any atom is 0.0726 e. The maximum absolute atomic E-state index is 4.05. The summed E-state index contributed by atoms with van der Waals surface area (Å²) in [5, 5.41) is 7.33. The summed E-state index contributed by atoms with van der Waals surface area (Å²) < 4.78 is 1.80. The Bertz CT molecular complexity index is 210. The lowest BCUT2D eigenvalue weighted by Crippen LogP contribution is -1.99. The van der Waals surface area contributed by atoms with Crippen molar-refractivity contribution in [2.75, 3.05) is 11.9 Å². The molecule has 0 amide bonds. The molecule has 0 bridgehead atoms. The average Bonchev–Trinajstić information content (AvgIpc) is 2.37. The van der Waals surface area contributed by atoms with Gasteiger partial charge in [-0.3, -0.25) is 4.68 Å². The second kappa shape index (κ2) is 5.89. The largest absolute Gasteiger partial charge is 0.383 e. The Balaban J connectivity index is 0.00000121. The Kier molecular flexibility index (Phi) is 5.54. The average molecular weight is 190 g/mol. The highest BCUT2D eigenvalue weighted by Crippen LogP contribution is 2.02. The van der Waals surface area contributed by atoms with E-state index in [-0.39, 0.29) is 12.4 Å². The summed E-state index contributed by atoms with van der Waals surface area (Å²) in [4.78, 5) is 0. The third-order valence-corrected chi connectivity index (χ3v) is 1.56. The summed E-state index contributed by atoms with van der Waals surface area (Å²) in [5.41, 5.74) is 1.11. The Morgan fingerprint density at radius 1 is 1.58 bits per heavy atom. The number of nitrogens with zero attached hydrogens (tertiary/aromatic N) is 2. The minimum atomic E-state index is 0. The number of unbranched alkanes of at least 4 members (excludes halogenated alkanes) is 1. The standard InChI is InChI=1S/C8H15N3.ClH/c1-3-4-5-9-8-6-10-11(2)7-8;/h6-7,9H,3-5H2,1-2H3;1H. The lowest BCUT2D eigenvalue weighted by molar-refractivity contribution is 0.767. The summed E-state index contributed by atoms with van der Waals surface area (Å²) in [6.45, 7) is 3.23. The predicted octanol–water partition coefficient (Wildman–Crippen LogP) is 2.05. The Morgan fingerprint density at radius 2 is 2.33 bits per heavy atom. The van der Waals surface area contributed by atoms with E-state index >= 15 is 0 Å². The van der Waals surface area contributed by atoms with Gasteiger partial charge in [-0.15, -0.1) is 12.4 Å². The molecule has 0 aliphatic heterocycles. The summed E-state index contributed by atoms with van der Waals surface area (Å²) in [7, 11) is 1.92. The number of anilines is 1. The van der Waals surface area contributed by atoms with E-state index < -0.39 is 0 Å². The highest BCUT2D eigenvalue weighted by Gasteiger charge is 1.91. The fourth-order valence-electron chi connectivity index (χ4n) is 0.922. The molecule has 0 fully saturated rings. The number of rotatable bonds is 4. The molecule has 1 aromatic rings. The fraction of sp³-hybridized carbons (Fsp3) is 0.625. The molecule has 4 heteroatoms. The zero-order valence-corrected chi connectivity index (χ0v) is 8.40. The van der Waals surface area contributed by atoms with Gasteiger partial charge in [0.15, 0.2) is 0 Å². The lowest BCUT2D eigenvalue weighted by Gasteiger charge is -1.99. The number of hydrogen-bond donors (Lipinski definition) is 1. The van der Waals surface area contributed by atoms with Crippen molar-refractivity contribution in [3.8, 4) is 0 Å². The van der Waals surface area contributed by atoms with Crippen LogP contribution in [0.1, 0.15) is 19.8 Å². The van der Waals surface area contributed by atoms with Crippen molar-refractivity contribution < 1.29 is 0 Å². The van der Waals surface area contributed by atoms with Gasteiger partial charge in [-0.05, 0) is 6.42 Å². The van der Waals surface area contributed by atoms with Crippen LogP contribution in [-0.4, -0.2) is 16.3 Å². The van der Waals surface area contributed by atoms with E-state index in [1.807, 2.05) is 19.4 Å². The van der Waals surface area contributed by atoms with Crippen LogP contribution in [0.2, 0.25) is 0 Å². The van der Waals surface area contributed by atoms with Gasteiger partial charge >= 0.3 is 0 Å². The van der Waals surface area contributed by atoms with Crippen molar-refractivity contribution in [1.82, 2.24) is 9.78 Å². The van der Waals surface area contributed by atoms with Gasteiger partial charge in [0, 0.05) is 19.8 Å². The lowest BCUT2D eigenvalue weighted by atomic mass is 10.3. The van der Waals surface area contributed by atoms with E-state index in [9.17, 15) is 0 Å². The SMILES string of the molecule is CCCCNc1cnn(C)c1.Cl. The molecule has 0 unspecified atom stereocenters. The van der Waals surface area contributed by atoms with E-state index in [4.69, 9.17) is 0 Å². The van der Waals surface area contributed by atoms with Crippen LogP contribution in [0.25, 0.3) is 0 Å². The molecular weight excluding hydrogens is 174 g/mol. The molecule has 0 aliphatic carbocycles. The van der Waals surface area contributed by atoms with Crippen LogP contribution in [0.4, 0.5) is 5.69 Å². The van der Waals surface area contributed by atoms with Crippen LogP contribution in [0, 0.1) is 0 Å². The summed E-state index contributed by atoms with van der Waals surface area (Å²) in [6.07, 6.45) is 6.27. The molecule has 1 aromatic heterocycles. The van der Waals surface area contributed by atoms with Crippen molar-refractivity contribution in [2.24, 2.45) is 7.05 Å². The predicted molar refractivity (Wildman–Crippen MR) is 53.9 cm³/mol. The molecule has 1 heterocycles. The number of aromatic nitrogens is 2. The zero-order valence-electron chi connectivity index (χ0n) is 7.58. The smallest absolute Gasteiger partial charge is 0.0726 e. The number of aryl methyl sites for hydroxylation is 1. The highest BCUT2D eigenvalue weighted by molar-refractivity contribution is 5.85. The Hall–Kier alpha value is -0.700. The first-order valence-electron chi connectivity index (χ1n) is 4.05. The zero-order chi connectivity index (χ0) is 8.10. The molecule has 0 aliphatic rings. The maximum atomic E-state index is 4.05. The van der Waals surface area contributed by atoms with Crippen LogP contribution in [0.15, 0.2) is 12.4 Å². The number of hydrogen-bond acceptors (Lipinski definition) is 2. The van der Waals surface area contributed by atoms with Crippen LogP contribution in [-0.2, 0) is 7.05 Å². The summed E-state index contributed by atoms with van der Waals surface area (Å²) in [6, 6.07) is 0. The number of halogens is 1. The van der Waals surface area contributed by atoms with Crippen molar-refractivity contribution in [1.29, 1.82) is 0 Å². The molecule has 0 saturated heterocycles. The molecule has 3 nitrogen and oxygen atoms in total. The minimum absolute atomic E-state index is 0. The third-order valence-electron chi connectivity index (χ3n) is 1.56. The van der Waals surface area contributed by atoms with Crippen molar-refractivity contribution in [3.63, 3.8) is 0 Å². The quantitative estimate of drug-likeness (QED) is 0.735. The van der Waals surface area contributed by atoms with Crippen LogP contribution in [0.3, 0.4) is 0 Å². The highest BCUT2D eigenvalue weighted by atomic mass is 35.5. The molecule has 0 aromatic carbocycles. The first-order chi connectivity index (χ1) is 5.33. The Morgan fingerprint density at radius 3 is 2.83 bits per heavy atom. The molecule has 1 rings (SSSR count). The first kappa shape index (κ1) is 11.3. The molecule has 12 heavy (non-hydrogen) atoms. The Labute approximate surface area is 79.6 Å². The minimum Gasteiger partial charge on any atom is -0.383 e. The molecule has 0 saturated carbocycles. The first-order valence-corrected chi connectivity index (χ1v) is 4.05. The number of nitrogens with one attached hydrogen (secondary N) is 1. The van der Waals surface area contributed by atoms with Crippen LogP contribution in [0.5, 0.6) is 0 Å². The van der Waals surface area contributed by atoms with Crippen LogP contribution >= 0.6 is 12.4 Å². The van der Waals surface area contributed by atoms with E-state index in [0.717, 1.165) is 12.2 Å². The normalized spacial score (nSPS) is 9.17. The molecular formula is C8H16ClN3. The van der Waals surface area contributed by atoms with Gasteiger partial charge in [-0.2, -0.15) is 5.10 Å². The molecule has 0 atom stereocenters. The van der Waals surface area contributed by atoms with Crippen molar-refractivity contribution in [3.05, 3.63) is 12.4 Å². The van der Waals surface area contributed by atoms with Gasteiger partial charge in [0.25, 0.3) is 0 Å². The van der Waals surface area contributed by atoms with Crippen molar-refractivity contribution >= 4 is 18.1 Å². The summed E-state index contributed by atoms with van der Waals surface area (Å²) >= 11 is 0. The monoisotopic (exact) mass is 189 g/mol. The molecule has 70 valence electrons. The van der Waals surface area contributed by atoms with E-state index in [1.54, 1.807) is 4.68 Å². The summed E-state index contributed by atoms with van der Waals surface area (Å²) in [5.74, 6) is 0. The van der Waals surface area contributed by atoms with Gasteiger partial charge in [-0.1, -0.05) is 13.3 Å². The van der Waals surface area contributed by atoms with Gasteiger partial charge < -0.3 is 5.32 Å².